The average molecular weight is 409 g/mol. The van der Waals surface area contributed by atoms with Crippen molar-refractivity contribution in [3.8, 4) is 5.69 Å². The molecule has 0 aliphatic heterocycles. The molecule has 0 spiro atoms. The molecule has 0 aliphatic carbocycles. The predicted molar refractivity (Wildman–Crippen MR) is 121 cm³/mol. The van der Waals surface area contributed by atoms with Crippen LogP contribution in [-0.4, -0.2) is 21.1 Å². The van der Waals surface area contributed by atoms with E-state index in [0.29, 0.717) is 22.0 Å². The number of fused-ring (bicyclic) bond motifs is 1. The Hall–Kier alpha value is -2.40. The molecule has 0 N–H and O–H groups in total. The molecule has 0 fully saturated rings. The summed E-state index contributed by atoms with van der Waals surface area (Å²) in [6.07, 6.45) is 1.06. The molecule has 1 aromatic heterocycles. The summed E-state index contributed by atoms with van der Waals surface area (Å²) in [5.74, 6) is 0.872. The van der Waals surface area contributed by atoms with E-state index in [2.05, 4.69) is 26.0 Å². The van der Waals surface area contributed by atoms with Gasteiger partial charge in [-0.25, -0.2) is 4.98 Å². The molecule has 1 atom stereocenters. The summed E-state index contributed by atoms with van der Waals surface area (Å²) >= 11 is 1.32. The highest BCUT2D eigenvalue weighted by molar-refractivity contribution is 7.99. The molecule has 2 aromatic carbocycles. The molecule has 29 heavy (non-hydrogen) atoms. The minimum Gasteiger partial charge on any atom is -0.298 e. The van der Waals surface area contributed by atoms with Gasteiger partial charge < -0.3 is 0 Å². The molecule has 4 nitrogen and oxygen atoms in total. The highest BCUT2D eigenvalue weighted by Crippen LogP contribution is 2.26. The third-order valence-electron chi connectivity index (χ3n) is 5.25. The van der Waals surface area contributed by atoms with Crippen LogP contribution in [0.2, 0.25) is 0 Å². The van der Waals surface area contributed by atoms with Crippen molar-refractivity contribution >= 4 is 28.4 Å². The van der Waals surface area contributed by atoms with Gasteiger partial charge in [-0.2, -0.15) is 0 Å². The van der Waals surface area contributed by atoms with Crippen molar-refractivity contribution in [2.45, 2.75) is 52.1 Å². The van der Waals surface area contributed by atoms with Gasteiger partial charge in [0.2, 0.25) is 0 Å². The first-order valence-corrected chi connectivity index (χ1v) is 11.0. The molecular weight excluding hydrogens is 380 g/mol. The van der Waals surface area contributed by atoms with Crippen LogP contribution < -0.4 is 5.56 Å². The molecule has 1 heterocycles. The van der Waals surface area contributed by atoms with Crippen molar-refractivity contribution in [3.63, 3.8) is 0 Å². The van der Waals surface area contributed by atoms with E-state index in [0.717, 1.165) is 12.1 Å². The van der Waals surface area contributed by atoms with Crippen molar-refractivity contribution < 1.29 is 4.79 Å². The summed E-state index contributed by atoms with van der Waals surface area (Å²) in [4.78, 5) is 30.5. The quantitative estimate of drug-likeness (QED) is 0.393. The summed E-state index contributed by atoms with van der Waals surface area (Å²) in [6, 6.07) is 15.4. The van der Waals surface area contributed by atoms with Crippen molar-refractivity contribution in [1.29, 1.82) is 0 Å². The molecule has 152 valence electrons. The van der Waals surface area contributed by atoms with Crippen LogP contribution in [0.5, 0.6) is 0 Å². The average Bonchev–Trinajstić information content (AvgIpc) is 2.71. The maximum Gasteiger partial charge on any atom is 0.266 e. The van der Waals surface area contributed by atoms with Gasteiger partial charge in [-0.1, -0.05) is 70.6 Å². The van der Waals surface area contributed by atoms with E-state index in [9.17, 15) is 9.59 Å². The summed E-state index contributed by atoms with van der Waals surface area (Å²) in [5, 5.41) is 1.12. The number of carbonyl (C=O) groups is 1. The smallest absolute Gasteiger partial charge is 0.266 e. The first-order valence-electron chi connectivity index (χ1n) is 10.0. The van der Waals surface area contributed by atoms with Crippen molar-refractivity contribution in [2.24, 2.45) is 5.41 Å². The van der Waals surface area contributed by atoms with Gasteiger partial charge in [0.25, 0.3) is 5.56 Å². The zero-order valence-electron chi connectivity index (χ0n) is 17.7. The zero-order chi connectivity index (χ0) is 21.2. The van der Waals surface area contributed by atoms with Gasteiger partial charge in [-0.05, 0) is 42.2 Å². The van der Waals surface area contributed by atoms with Crippen LogP contribution in [0, 0.1) is 5.41 Å². The van der Waals surface area contributed by atoms with Gasteiger partial charge in [-0.3, -0.25) is 14.2 Å². The fraction of sp³-hybridized carbons (Fsp3) is 0.375. The molecule has 0 aliphatic rings. The molecule has 0 radical (unpaired) electrons. The molecule has 0 bridgehead atoms. The summed E-state index contributed by atoms with van der Waals surface area (Å²) in [7, 11) is 0. The number of thioether (sulfide) groups is 1. The van der Waals surface area contributed by atoms with Crippen molar-refractivity contribution in [2.75, 3.05) is 5.75 Å². The van der Waals surface area contributed by atoms with Gasteiger partial charge in [0.15, 0.2) is 5.16 Å². The molecule has 5 heteroatoms. The van der Waals surface area contributed by atoms with E-state index in [1.54, 1.807) is 10.6 Å². The van der Waals surface area contributed by atoms with Crippen LogP contribution in [-0.2, 0) is 4.79 Å². The normalized spacial score (nSPS) is 12.9. The van der Waals surface area contributed by atoms with Crippen LogP contribution in [0.3, 0.4) is 0 Å². The van der Waals surface area contributed by atoms with Crippen LogP contribution in [0.1, 0.15) is 52.5 Å². The Bertz CT molecular complexity index is 1080. The van der Waals surface area contributed by atoms with Crippen LogP contribution in [0.4, 0.5) is 0 Å². The van der Waals surface area contributed by atoms with Crippen molar-refractivity contribution in [1.82, 2.24) is 9.55 Å². The number of ketones is 1. The summed E-state index contributed by atoms with van der Waals surface area (Å²) in [6.45, 7) is 10.1. The zero-order valence-corrected chi connectivity index (χ0v) is 18.5. The Kier molecular flexibility index (Phi) is 6.27. The third-order valence-corrected chi connectivity index (χ3v) is 6.19. The van der Waals surface area contributed by atoms with E-state index in [-0.39, 0.29) is 17.1 Å². The Morgan fingerprint density at radius 2 is 1.76 bits per heavy atom. The lowest BCUT2D eigenvalue weighted by Gasteiger charge is -2.18. The first kappa shape index (κ1) is 21.3. The lowest BCUT2D eigenvalue weighted by atomic mass is 9.92. The molecule has 0 saturated heterocycles. The van der Waals surface area contributed by atoms with Gasteiger partial charge >= 0.3 is 0 Å². The number of benzene rings is 2. The topological polar surface area (TPSA) is 52.0 Å². The molecular formula is C24H28N2O2S. The summed E-state index contributed by atoms with van der Waals surface area (Å²) in [5.41, 5.74) is 2.13. The van der Waals surface area contributed by atoms with E-state index in [1.807, 2.05) is 51.1 Å². The lowest BCUT2D eigenvalue weighted by Crippen LogP contribution is -2.25. The standard InChI is InChI=1S/C24H28N2O2S/c1-6-16(2)17-11-13-18(14-12-17)26-22(28)19-9-7-8-10-20(19)25-23(26)29-15-21(27)24(3,4)5/h7-14,16H,6,15H2,1-5H3/t16-/m1/s1. The van der Waals surface area contributed by atoms with E-state index in [1.165, 1.54) is 17.3 Å². The fourth-order valence-corrected chi connectivity index (χ4v) is 4.14. The van der Waals surface area contributed by atoms with E-state index >= 15 is 0 Å². The fourth-order valence-electron chi connectivity index (χ4n) is 2.97. The van der Waals surface area contributed by atoms with Gasteiger partial charge in [0.05, 0.1) is 22.3 Å². The van der Waals surface area contributed by atoms with Gasteiger partial charge in [-0.15, -0.1) is 0 Å². The second kappa shape index (κ2) is 8.54. The van der Waals surface area contributed by atoms with Crippen molar-refractivity contribution in [3.05, 3.63) is 64.4 Å². The lowest BCUT2D eigenvalue weighted by molar-refractivity contribution is -0.123. The maximum absolute atomic E-state index is 13.3. The monoisotopic (exact) mass is 408 g/mol. The van der Waals surface area contributed by atoms with E-state index < -0.39 is 5.41 Å². The Morgan fingerprint density at radius 1 is 1.10 bits per heavy atom. The number of carbonyl (C=O) groups excluding carboxylic acids is 1. The number of para-hydroxylation sites is 1. The minimum atomic E-state index is -0.424. The number of aromatic nitrogens is 2. The van der Waals surface area contributed by atoms with Crippen LogP contribution in [0.15, 0.2) is 58.5 Å². The highest BCUT2D eigenvalue weighted by Gasteiger charge is 2.22. The number of rotatable bonds is 6. The Balaban J connectivity index is 2.09. The second-order valence-electron chi connectivity index (χ2n) is 8.41. The Labute approximate surface area is 176 Å². The summed E-state index contributed by atoms with van der Waals surface area (Å²) < 4.78 is 1.63. The SMILES string of the molecule is CC[C@@H](C)c1ccc(-n2c(SCC(=O)C(C)(C)C)nc3ccccc3c2=O)cc1. The van der Waals surface area contributed by atoms with Gasteiger partial charge in [0.1, 0.15) is 5.78 Å². The van der Waals surface area contributed by atoms with Crippen LogP contribution >= 0.6 is 11.8 Å². The molecule has 0 unspecified atom stereocenters. The highest BCUT2D eigenvalue weighted by atomic mass is 32.2. The van der Waals surface area contributed by atoms with E-state index in [4.69, 9.17) is 4.98 Å². The van der Waals surface area contributed by atoms with Crippen LogP contribution in [0.25, 0.3) is 16.6 Å². The third kappa shape index (κ3) is 4.61. The first-order chi connectivity index (χ1) is 13.7. The number of hydrogen-bond donors (Lipinski definition) is 0. The minimum absolute atomic E-state index is 0.113. The molecule has 0 amide bonds. The number of nitrogens with zero attached hydrogens (tertiary/aromatic N) is 2. The number of Topliss-reactive ketones (excluding diaryl/α,β-unsaturated/α-hetero) is 1. The molecule has 3 rings (SSSR count). The molecule has 0 saturated carbocycles. The second-order valence-corrected chi connectivity index (χ2v) is 9.36. The Morgan fingerprint density at radius 3 is 2.38 bits per heavy atom. The largest absolute Gasteiger partial charge is 0.298 e. The maximum atomic E-state index is 13.3. The predicted octanol–water partition coefficient (Wildman–Crippen LogP) is 5.61. The molecule has 3 aromatic rings. The van der Waals surface area contributed by atoms with Gasteiger partial charge in [0, 0.05) is 5.41 Å². The number of hydrogen-bond acceptors (Lipinski definition) is 4.